The molecular formula is C13H17NO. The van der Waals surface area contributed by atoms with Gasteiger partial charge in [0.1, 0.15) is 11.3 Å². The molecular weight excluding hydrogens is 186 g/mol. The molecule has 1 aromatic heterocycles. The van der Waals surface area contributed by atoms with Crippen molar-refractivity contribution in [1.82, 2.24) is 0 Å². The standard InChI is InChI=1S/C13H17NO/c1-3-4-11(14)13-8-10-7-9(2)5-6-12(10)15-13/h5-8,11H,3-4,14H2,1-2H3/t11-/m1/s1. The summed E-state index contributed by atoms with van der Waals surface area (Å²) < 4.78 is 5.71. The minimum absolute atomic E-state index is 0.0303. The summed E-state index contributed by atoms with van der Waals surface area (Å²) in [6, 6.07) is 8.28. The Morgan fingerprint density at radius 2 is 2.13 bits per heavy atom. The molecule has 0 unspecified atom stereocenters. The Balaban J connectivity index is 2.38. The van der Waals surface area contributed by atoms with E-state index in [0.717, 1.165) is 29.6 Å². The van der Waals surface area contributed by atoms with Crippen LogP contribution in [0.5, 0.6) is 0 Å². The minimum atomic E-state index is 0.0303. The molecule has 15 heavy (non-hydrogen) atoms. The number of furan rings is 1. The number of aryl methyl sites for hydroxylation is 1. The lowest BCUT2D eigenvalue weighted by Crippen LogP contribution is -2.08. The summed E-state index contributed by atoms with van der Waals surface area (Å²) in [5.74, 6) is 0.900. The third-order valence-corrected chi connectivity index (χ3v) is 2.66. The number of hydrogen-bond acceptors (Lipinski definition) is 2. The van der Waals surface area contributed by atoms with E-state index < -0.39 is 0 Å². The van der Waals surface area contributed by atoms with Crippen molar-refractivity contribution in [3.8, 4) is 0 Å². The average Bonchev–Trinajstić information content (AvgIpc) is 2.60. The lowest BCUT2D eigenvalue weighted by atomic mass is 10.1. The van der Waals surface area contributed by atoms with Gasteiger partial charge in [0, 0.05) is 5.39 Å². The lowest BCUT2D eigenvalue weighted by molar-refractivity contribution is 0.475. The van der Waals surface area contributed by atoms with Crippen LogP contribution in [-0.2, 0) is 0 Å². The number of rotatable bonds is 3. The fourth-order valence-electron chi connectivity index (χ4n) is 1.82. The van der Waals surface area contributed by atoms with Gasteiger partial charge in [-0.15, -0.1) is 0 Å². The molecule has 0 saturated carbocycles. The van der Waals surface area contributed by atoms with Crippen LogP contribution < -0.4 is 5.73 Å². The van der Waals surface area contributed by atoms with Gasteiger partial charge in [-0.2, -0.15) is 0 Å². The fourth-order valence-corrected chi connectivity index (χ4v) is 1.82. The molecule has 1 heterocycles. The first-order chi connectivity index (χ1) is 7.20. The summed E-state index contributed by atoms with van der Waals surface area (Å²) in [5.41, 5.74) is 8.20. The first-order valence-corrected chi connectivity index (χ1v) is 5.46. The lowest BCUT2D eigenvalue weighted by Gasteiger charge is -2.04. The largest absolute Gasteiger partial charge is 0.459 e. The molecule has 0 aliphatic heterocycles. The zero-order chi connectivity index (χ0) is 10.8. The van der Waals surface area contributed by atoms with E-state index in [1.54, 1.807) is 0 Å². The zero-order valence-corrected chi connectivity index (χ0v) is 9.29. The highest BCUT2D eigenvalue weighted by Gasteiger charge is 2.10. The van der Waals surface area contributed by atoms with Gasteiger partial charge in [0.25, 0.3) is 0 Å². The SMILES string of the molecule is CCC[C@@H](N)c1cc2cc(C)ccc2o1. The first kappa shape index (κ1) is 10.2. The first-order valence-electron chi connectivity index (χ1n) is 5.46. The molecule has 0 amide bonds. The van der Waals surface area contributed by atoms with Crippen LogP contribution in [0, 0.1) is 6.92 Å². The van der Waals surface area contributed by atoms with E-state index >= 15 is 0 Å². The molecule has 2 nitrogen and oxygen atoms in total. The van der Waals surface area contributed by atoms with Crippen molar-refractivity contribution in [2.45, 2.75) is 32.7 Å². The summed E-state index contributed by atoms with van der Waals surface area (Å²) in [6.07, 6.45) is 2.05. The molecule has 0 radical (unpaired) electrons. The van der Waals surface area contributed by atoms with Gasteiger partial charge >= 0.3 is 0 Å². The topological polar surface area (TPSA) is 39.2 Å². The average molecular weight is 203 g/mol. The van der Waals surface area contributed by atoms with E-state index in [4.69, 9.17) is 10.2 Å². The Kier molecular flexibility index (Phi) is 2.78. The third kappa shape index (κ3) is 2.05. The van der Waals surface area contributed by atoms with Crippen molar-refractivity contribution in [1.29, 1.82) is 0 Å². The van der Waals surface area contributed by atoms with Crippen LogP contribution in [0.25, 0.3) is 11.0 Å². The molecule has 2 rings (SSSR count). The van der Waals surface area contributed by atoms with Gasteiger partial charge in [0.05, 0.1) is 6.04 Å². The normalized spacial score (nSPS) is 13.3. The number of nitrogens with two attached hydrogens (primary N) is 1. The molecule has 0 spiro atoms. The Bertz CT molecular complexity index is 459. The van der Waals surface area contributed by atoms with Gasteiger partial charge in [-0.05, 0) is 31.5 Å². The van der Waals surface area contributed by atoms with Gasteiger partial charge in [-0.25, -0.2) is 0 Å². The molecule has 0 aliphatic rings. The fraction of sp³-hybridized carbons (Fsp3) is 0.385. The maximum atomic E-state index is 6.01. The van der Waals surface area contributed by atoms with Crippen LogP contribution >= 0.6 is 0 Å². The Morgan fingerprint density at radius 3 is 2.87 bits per heavy atom. The third-order valence-electron chi connectivity index (χ3n) is 2.66. The maximum absolute atomic E-state index is 6.01. The van der Waals surface area contributed by atoms with Crippen molar-refractivity contribution in [2.75, 3.05) is 0 Å². The van der Waals surface area contributed by atoms with E-state index in [9.17, 15) is 0 Å². The molecule has 2 aromatic rings. The maximum Gasteiger partial charge on any atom is 0.134 e. The van der Waals surface area contributed by atoms with Crippen LogP contribution in [0.3, 0.4) is 0 Å². The molecule has 80 valence electrons. The van der Waals surface area contributed by atoms with Gasteiger partial charge in [-0.1, -0.05) is 25.0 Å². The van der Waals surface area contributed by atoms with E-state index in [1.807, 2.05) is 6.07 Å². The van der Waals surface area contributed by atoms with E-state index in [-0.39, 0.29) is 6.04 Å². The second kappa shape index (κ2) is 4.07. The summed E-state index contributed by atoms with van der Waals surface area (Å²) in [7, 11) is 0. The molecule has 0 bridgehead atoms. The molecule has 2 N–H and O–H groups in total. The number of hydrogen-bond donors (Lipinski definition) is 1. The van der Waals surface area contributed by atoms with Gasteiger partial charge in [0.15, 0.2) is 0 Å². The van der Waals surface area contributed by atoms with E-state index in [1.165, 1.54) is 5.56 Å². The van der Waals surface area contributed by atoms with Crippen molar-refractivity contribution in [3.63, 3.8) is 0 Å². The minimum Gasteiger partial charge on any atom is -0.459 e. The molecule has 0 saturated heterocycles. The second-order valence-electron chi connectivity index (χ2n) is 4.09. The van der Waals surface area contributed by atoms with Gasteiger partial charge < -0.3 is 10.2 Å². The van der Waals surface area contributed by atoms with Crippen LogP contribution in [0.15, 0.2) is 28.7 Å². The highest BCUT2D eigenvalue weighted by Crippen LogP contribution is 2.25. The van der Waals surface area contributed by atoms with Gasteiger partial charge in [-0.3, -0.25) is 0 Å². The monoisotopic (exact) mass is 203 g/mol. The molecule has 1 aromatic carbocycles. The zero-order valence-electron chi connectivity index (χ0n) is 9.29. The summed E-state index contributed by atoms with van der Waals surface area (Å²) in [4.78, 5) is 0. The van der Waals surface area contributed by atoms with Crippen LogP contribution in [0.4, 0.5) is 0 Å². The molecule has 1 atom stereocenters. The number of fused-ring (bicyclic) bond motifs is 1. The molecule has 2 heteroatoms. The summed E-state index contributed by atoms with van der Waals surface area (Å²) >= 11 is 0. The van der Waals surface area contributed by atoms with E-state index in [0.29, 0.717) is 0 Å². The van der Waals surface area contributed by atoms with E-state index in [2.05, 4.69) is 32.0 Å². The quantitative estimate of drug-likeness (QED) is 0.828. The predicted octanol–water partition coefficient (Wildman–Crippen LogP) is 3.54. The second-order valence-corrected chi connectivity index (χ2v) is 4.09. The predicted molar refractivity (Wildman–Crippen MR) is 62.8 cm³/mol. The van der Waals surface area contributed by atoms with Gasteiger partial charge in [0.2, 0.25) is 0 Å². The van der Waals surface area contributed by atoms with Crippen molar-refractivity contribution < 1.29 is 4.42 Å². The summed E-state index contributed by atoms with van der Waals surface area (Å²) in [6.45, 7) is 4.21. The van der Waals surface area contributed by atoms with Crippen molar-refractivity contribution in [3.05, 3.63) is 35.6 Å². The highest BCUT2D eigenvalue weighted by molar-refractivity contribution is 5.78. The summed E-state index contributed by atoms with van der Waals surface area (Å²) in [5, 5.41) is 1.15. The van der Waals surface area contributed by atoms with Crippen molar-refractivity contribution >= 4 is 11.0 Å². The Labute approximate surface area is 90.1 Å². The molecule has 0 aliphatic carbocycles. The van der Waals surface area contributed by atoms with Crippen LogP contribution in [-0.4, -0.2) is 0 Å². The highest BCUT2D eigenvalue weighted by atomic mass is 16.3. The molecule has 0 fully saturated rings. The Hall–Kier alpha value is -1.28. The Morgan fingerprint density at radius 1 is 1.33 bits per heavy atom. The number of benzene rings is 1. The van der Waals surface area contributed by atoms with Crippen LogP contribution in [0.1, 0.15) is 37.1 Å². The van der Waals surface area contributed by atoms with Crippen LogP contribution in [0.2, 0.25) is 0 Å². The smallest absolute Gasteiger partial charge is 0.134 e. The van der Waals surface area contributed by atoms with Crippen molar-refractivity contribution in [2.24, 2.45) is 5.73 Å².